The predicted molar refractivity (Wildman–Crippen MR) is 67.4 cm³/mol. The molecule has 0 unspecified atom stereocenters. The molecule has 0 aliphatic carbocycles. The molecule has 0 atom stereocenters. The molecule has 0 saturated carbocycles. The summed E-state index contributed by atoms with van der Waals surface area (Å²) in [6.07, 6.45) is 0.254. The van der Waals surface area contributed by atoms with Crippen molar-refractivity contribution in [2.45, 2.75) is 13.3 Å². The van der Waals surface area contributed by atoms with Gasteiger partial charge in [0.2, 0.25) is 5.91 Å². The molecule has 5 nitrogen and oxygen atoms in total. The largest absolute Gasteiger partial charge is 0.496 e. The van der Waals surface area contributed by atoms with Crippen molar-refractivity contribution in [2.75, 3.05) is 27.4 Å². The third kappa shape index (κ3) is 4.73. The molecule has 1 N–H and O–H groups in total. The molecule has 5 heteroatoms. The molecule has 0 aliphatic rings. The van der Waals surface area contributed by atoms with Crippen LogP contribution >= 0.6 is 0 Å². The van der Waals surface area contributed by atoms with Crippen LogP contribution in [0.3, 0.4) is 0 Å². The van der Waals surface area contributed by atoms with Gasteiger partial charge in [0.15, 0.2) is 0 Å². The van der Waals surface area contributed by atoms with Gasteiger partial charge in [0, 0.05) is 7.11 Å². The number of carbonyl (C=O) groups excluding carboxylic acids is 1. The Hall–Kier alpha value is -1.59. The van der Waals surface area contributed by atoms with E-state index in [1.54, 1.807) is 14.2 Å². The zero-order valence-electron chi connectivity index (χ0n) is 11.0. The number of nitrogens with one attached hydrogen (secondary N) is 1. The summed E-state index contributed by atoms with van der Waals surface area (Å²) < 4.78 is 9.99. The lowest BCUT2D eigenvalue weighted by Crippen LogP contribution is -2.26. The van der Waals surface area contributed by atoms with E-state index < -0.39 is 0 Å². The van der Waals surface area contributed by atoms with Gasteiger partial charge in [-0.25, -0.2) is 5.48 Å². The van der Waals surface area contributed by atoms with Gasteiger partial charge in [0.25, 0.3) is 0 Å². The van der Waals surface area contributed by atoms with Crippen LogP contribution in [0.15, 0.2) is 18.2 Å². The molecule has 0 fully saturated rings. The minimum atomic E-state index is -0.197. The fourth-order valence-corrected chi connectivity index (χ4v) is 1.45. The molecule has 0 aromatic heterocycles. The fraction of sp³-hybridized carbons (Fsp3) is 0.462. The molecule has 0 bridgehead atoms. The average Bonchev–Trinajstić information content (AvgIpc) is 2.37. The molecule has 1 aromatic rings. The maximum atomic E-state index is 11.5. The van der Waals surface area contributed by atoms with E-state index in [9.17, 15) is 4.79 Å². The van der Waals surface area contributed by atoms with Gasteiger partial charge in [-0.15, -0.1) is 0 Å². The first-order valence-corrected chi connectivity index (χ1v) is 5.70. The SMILES string of the molecule is COCCONC(=O)Cc1ccc(C)c(OC)c1. The number of aryl methyl sites for hydroxylation is 1. The van der Waals surface area contributed by atoms with Crippen LogP contribution in [0.5, 0.6) is 5.75 Å². The number of hydrogen-bond acceptors (Lipinski definition) is 4. The van der Waals surface area contributed by atoms with Crippen molar-refractivity contribution in [2.24, 2.45) is 0 Å². The second-order valence-electron chi connectivity index (χ2n) is 3.85. The first-order chi connectivity index (χ1) is 8.67. The summed E-state index contributed by atoms with van der Waals surface area (Å²) in [6.45, 7) is 2.73. The summed E-state index contributed by atoms with van der Waals surface area (Å²) in [5.74, 6) is 0.581. The highest BCUT2D eigenvalue weighted by Crippen LogP contribution is 2.19. The van der Waals surface area contributed by atoms with Crippen LogP contribution in [-0.2, 0) is 20.8 Å². The number of amides is 1. The van der Waals surface area contributed by atoms with Crippen molar-refractivity contribution in [1.29, 1.82) is 0 Å². The van der Waals surface area contributed by atoms with Crippen LogP contribution < -0.4 is 10.2 Å². The van der Waals surface area contributed by atoms with Crippen molar-refractivity contribution < 1.29 is 19.1 Å². The Morgan fingerprint density at radius 2 is 2.06 bits per heavy atom. The van der Waals surface area contributed by atoms with E-state index in [1.165, 1.54) is 0 Å². The minimum absolute atomic E-state index is 0.197. The number of rotatable bonds is 7. The van der Waals surface area contributed by atoms with E-state index in [4.69, 9.17) is 14.3 Å². The Balaban J connectivity index is 2.44. The normalized spacial score (nSPS) is 10.2. The smallest absolute Gasteiger partial charge is 0.247 e. The molecular formula is C13H19NO4. The topological polar surface area (TPSA) is 56.8 Å². The maximum Gasteiger partial charge on any atom is 0.247 e. The third-order valence-corrected chi connectivity index (χ3v) is 2.41. The highest BCUT2D eigenvalue weighted by Gasteiger charge is 2.06. The lowest BCUT2D eigenvalue weighted by molar-refractivity contribution is -0.133. The van der Waals surface area contributed by atoms with Crippen LogP contribution in [-0.4, -0.2) is 33.3 Å². The third-order valence-electron chi connectivity index (χ3n) is 2.41. The van der Waals surface area contributed by atoms with Crippen LogP contribution in [0.1, 0.15) is 11.1 Å². The molecule has 1 amide bonds. The molecule has 1 aromatic carbocycles. The van der Waals surface area contributed by atoms with Gasteiger partial charge in [0.1, 0.15) is 5.75 Å². The summed E-state index contributed by atoms with van der Waals surface area (Å²) in [5.41, 5.74) is 4.28. The second-order valence-corrected chi connectivity index (χ2v) is 3.85. The Kier molecular flexibility index (Phi) is 6.18. The van der Waals surface area contributed by atoms with Gasteiger partial charge < -0.3 is 9.47 Å². The molecule has 0 spiro atoms. The Labute approximate surface area is 107 Å². The number of methoxy groups -OCH3 is 2. The summed E-state index contributed by atoms with van der Waals surface area (Å²) in [4.78, 5) is 16.5. The summed E-state index contributed by atoms with van der Waals surface area (Å²) >= 11 is 0. The van der Waals surface area contributed by atoms with E-state index in [1.807, 2.05) is 25.1 Å². The predicted octanol–water partition coefficient (Wildman–Crippen LogP) is 1.24. The van der Waals surface area contributed by atoms with Gasteiger partial charge in [-0.1, -0.05) is 12.1 Å². The van der Waals surface area contributed by atoms with Crippen molar-refractivity contribution in [3.63, 3.8) is 0 Å². The summed E-state index contributed by atoms with van der Waals surface area (Å²) in [6, 6.07) is 5.67. The van der Waals surface area contributed by atoms with Gasteiger partial charge in [-0.3, -0.25) is 9.63 Å². The quantitative estimate of drug-likeness (QED) is 0.587. The van der Waals surface area contributed by atoms with Crippen molar-refractivity contribution in [3.8, 4) is 5.75 Å². The molecule has 0 radical (unpaired) electrons. The van der Waals surface area contributed by atoms with Gasteiger partial charge in [-0.05, 0) is 24.1 Å². The second kappa shape index (κ2) is 7.68. The van der Waals surface area contributed by atoms with Crippen molar-refractivity contribution >= 4 is 5.91 Å². The molecular weight excluding hydrogens is 234 g/mol. The first kappa shape index (κ1) is 14.5. The summed E-state index contributed by atoms with van der Waals surface area (Å²) in [5, 5.41) is 0. The van der Waals surface area contributed by atoms with Crippen molar-refractivity contribution in [3.05, 3.63) is 29.3 Å². The number of hydroxylamine groups is 1. The zero-order valence-corrected chi connectivity index (χ0v) is 11.0. The Morgan fingerprint density at radius 1 is 1.28 bits per heavy atom. The molecule has 100 valence electrons. The Morgan fingerprint density at radius 3 is 2.72 bits per heavy atom. The van der Waals surface area contributed by atoms with E-state index in [2.05, 4.69) is 5.48 Å². The van der Waals surface area contributed by atoms with Gasteiger partial charge in [0.05, 0.1) is 26.7 Å². The van der Waals surface area contributed by atoms with E-state index >= 15 is 0 Å². The van der Waals surface area contributed by atoms with E-state index in [-0.39, 0.29) is 12.3 Å². The number of hydrogen-bond donors (Lipinski definition) is 1. The standard InChI is InChI=1S/C13H19NO4/c1-10-4-5-11(8-12(10)17-3)9-13(15)14-18-7-6-16-2/h4-5,8H,6-7,9H2,1-3H3,(H,14,15). The molecule has 18 heavy (non-hydrogen) atoms. The van der Waals surface area contributed by atoms with Gasteiger partial charge >= 0.3 is 0 Å². The molecule has 1 rings (SSSR count). The summed E-state index contributed by atoms with van der Waals surface area (Å²) in [7, 11) is 3.18. The molecule has 0 heterocycles. The van der Waals surface area contributed by atoms with Gasteiger partial charge in [-0.2, -0.15) is 0 Å². The van der Waals surface area contributed by atoms with Crippen LogP contribution in [0.25, 0.3) is 0 Å². The monoisotopic (exact) mass is 253 g/mol. The van der Waals surface area contributed by atoms with E-state index in [0.717, 1.165) is 16.9 Å². The van der Waals surface area contributed by atoms with Crippen LogP contribution in [0.2, 0.25) is 0 Å². The molecule has 0 saturated heterocycles. The number of benzene rings is 1. The highest BCUT2D eigenvalue weighted by atomic mass is 16.7. The first-order valence-electron chi connectivity index (χ1n) is 5.70. The molecule has 0 aliphatic heterocycles. The van der Waals surface area contributed by atoms with Crippen LogP contribution in [0.4, 0.5) is 0 Å². The average molecular weight is 253 g/mol. The van der Waals surface area contributed by atoms with Crippen molar-refractivity contribution in [1.82, 2.24) is 5.48 Å². The lowest BCUT2D eigenvalue weighted by atomic mass is 10.1. The minimum Gasteiger partial charge on any atom is -0.496 e. The fourth-order valence-electron chi connectivity index (χ4n) is 1.45. The zero-order chi connectivity index (χ0) is 13.4. The maximum absolute atomic E-state index is 11.5. The number of carbonyl (C=O) groups is 1. The highest BCUT2D eigenvalue weighted by molar-refractivity contribution is 5.77. The number of ether oxygens (including phenoxy) is 2. The lowest BCUT2D eigenvalue weighted by Gasteiger charge is -2.08. The Bertz CT molecular complexity index is 393. The van der Waals surface area contributed by atoms with E-state index in [0.29, 0.717) is 13.2 Å². The van der Waals surface area contributed by atoms with Crippen LogP contribution in [0, 0.1) is 6.92 Å².